The Morgan fingerprint density at radius 2 is 1.94 bits per heavy atom. The minimum Gasteiger partial charge on any atom is -0.378 e. The van der Waals surface area contributed by atoms with Crippen LogP contribution in [0.5, 0.6) is 0 Å². The summed E-state index contributed by atoms with van der Waals surface area (Å²) in [6.07, 6.45) is 0.0127. The van der Waals surface area contributed by atoms with E-state index in [-0.39, 0.29) is 11.9 Å². The standard InChI is InChI=1S/C24H31FN4O2/c1-18-5-3-4-6-20(18)23-17-29(11-14-31-23)24(26-2)27-16-19-7-8-22(21(25)15-19)28-9-12-30-13-10-28/h3-8,15,23H,9-14,16-17H2,1-2H3,(H,26,27). The van der Waals surface area contributed by atoms with Crippen molar-refractivity contribution in [1.82, 2.24) is 10.2 Å². The molecule has 166 valence electrons. The normalized spacial score (nSPS) is 20.1. The molecule has 7 heteroatoms. The van der Waals surface area contributed by atoms with Crippen LogP contribution in [-0.4, -0.2) is 63.9 Å². The predicted molar refractivity (Wildman–Crippen MR) is 121 cm³/mol. The lowest BCUT2D eigenvalue weighted by atomic mass is 10.0. The first-order valence-corrected chi connectivity index (χ1v) is 10.9. The van der Waals surface area contributed by atoms with Crippen molar-refractivity contribution in [2.75, 3.05) is 57.9 Å². The number of nitrogens with one attached hydrogen (secondary N) is 1. The summed E-state index contributed by atoms with van der Waals surface area (Å²) in [5, 5.41) is 3.39. The number of ether oxygens (including phenoxy) is 2. The molecular formula is C24H31FN4O2. The van der Waals surface area contributed by atoms with Crippen molar-refractivity contribution in [3.8, 4) is 0 Å². The molecule has 2 saturated heterocycles. The summed E-state index contributed by atoms with van der Waals surface area (Å²) in [7, 11) is 1.78. The highest BCUT2D eigenvalue weighted by atomic mass is 19.1. The molecular weight excluding hydrogens is 395 g/mol. The van der Waals surface area contributed by atoms with Gasteiger partial charge in [0.2, 0.25) is 0 Å². The molecule has 0 bridgehead atoms. The predicted octanol–water partition coefficient (Wildman–Crippen LogP) is 3.12. The Morgan fingerprint density at radius 3 is 2.68 bits per heavy atom. The van der Waals surface area contributed by atoms with Crippen molar-refractivity contribution in [1.29, 1.82) is 0 Å². The average molecular weight is 427 g/mol. The zero-order chi connectivity index (χ0) is 21.6. The van der Waals surface area contributed by atoms with Gasteiger partial charge in [-0.1, -0.05) is 30.3 Å². The first-order chi connectivity index (χ1) is 15.2. The van der Waals surface area contributed by atoms with E-state index in [0.717, 1.165) is 37.7 Å². The van der Waals surface area contributed by atoms with Crippen molar-refractivity contribution in [2.24, 2.45) is 4.99 Å². The number of aliphatic imine (C=N–C) groups is 1. The number of nitrogens with zero attached hydrogens (tertiary/aromatic N) is 3. The second-order valence-corrected chi connectivity index (χ2v) is 7.95. The van der Waals surface area contributed by atoms with Gasteiger partial charge in [-0.25, -0.2) is 4.39 Å². The van der Waals surface area contributed by atoms with Crippen LogP contribution in [-0.2, 0) is 16.0 Å². The molecule has 0 radical (unpaired) electrons. The van der Waals surface area contributed by atoms with Gasteiger partial charge in [0.05, 0.1) is 32.1 Å². The fraction of sp³-hybridized carbons (Fsp3) is 0.458. The molecule has 4 rings (SSSR count). The molecule has 2 aromatic rings. The van der Waals surface area contributed by atoms with E-state index in [0.29, 0.717) is 32.1 Å². The Morgan fingerprint density at radius 1 is 1.13 bits per heavy atom. The number of hydrogen-bond acceptors (Lipinski definition) is 4. The first kappa shape index (κ1) is 21.6. The molecule has 2 fully saturated rings. The number of anilines is 1. The van der Waals surface area contributed by atoms with Gasteiger partial charge in [-0.05, 0) is 35.7 Å². The van der Waals surface area contributed by atoms with Gasteiger partial charge in [0, 0.05) is 33.2 Å². The number of hydrogen-bond donors (Lipinski definition) is 1. The van der Waals surface area contributed by atoms with Crippen LogP contribution in [0.4, 0.5) is 10.1 Å². The topological polar surface area (TPSA) is 49.3 Å². The number of halogens is 1. The molecule has 1 atom stereocenters. The smallest absolute Gasteiger partial charge is 0.194 e. The quantitative estimate of drug-likeness (QED) is 0.601. The number of rotatable bonds is 4. The first-order valence-electron chi connectivity index (χ1n) is 10.9. The molecule has 2 aliphatic rings. The van der Waals surface area contributed by atoms with Crippen molar-refractivity contribution < 1.29 is 13.9 Å². The molecule has 1 unspecified atom stereocenters. The minimum absolute atomic E-state index is 0.0127. The molecule has 2 aromatic carbocycles. The van der Waals surface area contributed by atoms with Crippen LogP contribution in [0.2, 0.25) is 0 Å². The summed E-state index contributed by atoms with van der Waals surface area (Å²) in [5.41, 5.74) is 3.97. The van der Waals surface area contributed by atoms with Gasteiger partial charge < -0.3 is 24.6 Å². The zero-order valence-corrected chi connectivity index (χ0v) is 18.3. The molecule has 0 saturated carbocycles. The molecule has 6 nitrogen and oxygen atoms in total. The number of aryl methyl sites for hydroxylation is 1. The van der Waals surface area contributed by atoms with Crippen molar-refractivity contribution in [3.05, 3.63) is 65.0 Å². The summed E-state index contributed by atoms with van der Waals surface area (Å²) in [6, 6.07) is 13.8. The summed E-state index contributed by atoms with van der Waals surface area (Å²) in [5.74, 6) is 0.613. The lowest BCUT2D eigenvalue weighted by molar-refractivity contribution is -0.00833. The Hall–Kier alpha value is -2.64. The van der Waals surface area contributed by atoms with E-state index in [2.05, 4.69) is 34.3 Å². The second-order valence-electron chi connectivity index (χ2n) is 7.95. The summed E-state index contributed by atoms with van der Waals surface area (Å²) in [4.78, 5) is 8.69. The molecule has 1 N–H and O–H groups in total. The third-order valence-corrected chi connectivity index (χ3v) is 5.93. The van der Waals surface area contributed by atoms with Gasteiger partial charge in [0.25, 0.3) is 0 Å². The van der Waals surface area contributed by atoms with Crippen LogP contribution >= 0.6 is 0 Å². The van der Waals surface area contributed by atoms with Gasteiger partial charge in [-0.3, -0.25) is 4.99 Å². The monoisotopic (exact) mass is 426 g/mol. The molecule has 31 heavy (non-hydrogen) atoms. The lowest BCUT2D eigenvalue weighted by Crippen LogP contribution is -2.48. The number of guanidine groups is 1. The molecule has 0 aliphatic carbocycles. The van der Waals surface area contributed by atoms with E-state index < -0.39 is 0 Å². The molecule has 2 aliphatic heterocycles. The molecule has 2 heterocycles. The highest BCUT2D eigenvalue weighted by Crippen LogP contribution is 2.25. The Kier molecular flexibility index (Phi) is 7.04. The highest BCUT2D eigenvalue weighted by molar-refractivity contribution is 5.80. The zero-order valence-electron chi connectivity index (χ0n) is 18.3. The minimum atomic E-state index is -0.192. The Bertz CT molecular complexity index is 914. The van der Waals surface area contributed by atoms with E-state index in [9.17, 15) is 4.39 Å². The maximum atomic E-state index is 14.7. The lowest BCUT2D eigenvalue weighted by Gasteiger charge is -2.35. The van der Waals surface area contributed by atoms with Gasteiger partial charge in [0.1, 0.15) is 11.9 Å². The van der Waals surface area contributed by atoms with Gasteiger partial charge >= 0.3 is 0 Å². The van der Waals surface area contributed by atoms with Crippen LogP contribution in [0.3, 0.4) is 0 Å². The van der Waals surface area contributed by atoms with E-state index in [1.807, 2.05) is 29.2 Å². The number of morpholine rings is 2. The summed E-state index contributed by atoms with van der Waals surface area (Å²) >= 11 is 0. The highest BCUT2D eigenvalue weighted by Gasteiger charge is 2.25. The summed E-state index contributed by atoms with van der Waals surface area (Å²) < 4.78 is 26.1. The Balaban J connectivity index is 1.38. The fourth-order valence-corrected chi connectivity index (χ4v) is 4.21. The Labute approximate surface area is 183 Å². The van der Waals surface area contributed by atoms with E-state index in [1.54, 1.807) is 13.1 Å². The van der Waals surface area contributed by atoms with E-state index >= 15 is 0 Å². The van der Waals surface area contributed by atoms with Gasteiger partial charge in [-0.2, -0.15) is 0 Å². The van der Waals surface area contributed by atoms with Crippen molar-refractivity contribution in [2.45, 2.75) is 19.6 Å². The van der Waals surface area contributed by atoms with Crippen LogP contribution in [0, 0.1) is 12.7 Å². The average Bonchev–Trinajstić information content (AvgIpc) is 2.81. The maximum Gasteiger partial charge on any atom is 0.194 e. The van der Waals surface area contributed by atoms with E-state index in [1.165, 1.54) is 11.1 Å². The molecule has 0 spiro atoms. The second kappa shape index (κ2) is 10.1. The van der Waals surface area contributed by atoms with Crippen LogP contribution in [0.25, 0.3) is 0 Å². The largest absolute Gasteiger partial charge is 0.378 e. The van der Waals surface area contributed by atoms with Crippen LogP contribution in [0.15, 0.2) is 47.5 Å². The van der Waals surface area contributed by atoms with Crippen molar-refractivity contribution in [3.63, 3.8) is 0 Å². The van der Waals surface area contributed by atoms with Crippen molar-refractivity contribution >= 4 is 11.6 Å². The fourth-order valence-electron chi connectivity index (χ4n) is 4.21. The third-order valence-electron chi connectivity index (χ3n) is 5.93. The third kappa shape index (κ3) is 5.17. The van der Waals surface area contributed by atoms with Crippen LogP contribution < -0.4 is 10.2 Å². The van der Waals surface area contributed by atoms with E-state index in [4.69, 9.17) is 9.47 Å². The number of benzene rings is 2. The summed E-state index contributed by atoms with van der Waals surface area (Å²) in [6.45, 7) is 7.49. The SMILES string of the molecule is CN=C(NCc1ccc(N2CCOCC2)c(F)c1)N1CCOC(c2ccccc2C)C1. The molecule has 0 aromatic heterocycles. The maximum absolute atomic E-state index is 14.7. The van der Waals surface area contributed by atoms with Crippen LogP contribution in [0.1, 0.15) is 22.8 Å². The molecule has 0 amide bonds. The van der Waals surface area contributed by atoms with Gasteiger partial charge in [0.15, 0.2) is 5.96 Å². The van der Waals surface area contributed by atoms with Gasteiger partial charge in [-0.15, -0.1) is 0 Å².